The summed E-state index contributed by atoms with van der Waals surface area (Å²) in [6.07, 6.45) is 2.00. The molecule has 1 N–H and O–H groups in total. The maximum absolute atomic E-state index is 13.3. The molecule has 4 rings (SSSR count). The number of nitrogens with zero attached hydrogens (tertiary/aromatic N) is 1. The van der Waals surface area contributed by atoms with E-state index in [1.165, 1.54) is 29.2 Å². The van der Waals surface area contributed by atoms with Gasteiger partial charge in [-0.25, -0.2) is 17.2 Å². The standard InChI is InChI=1S/C27H32F2N2O5S/c1-27(17-23(27)19-3-7-21(28)8-4-19)11-2-16-37(34,35)18-24(26(33)31-12-14-36-15-13-31)30-25(32)20-5-9-22(29)10-6-20/h3-10,23-24H,2,11-18H2,1H3,(H,30,32)/t23-,24-,27+/m0/s1. The van der Waals surface area contributed by atoms with Crippen molar-refractivity contribution in [3.8, 4) is 0 Å². The average Bonchev–Trinajstić information content (AvgIpc) is 3.55. The van der Waals surface area contributed by atoms with Gasteiger partial charge in [-0.05, 0) is 72.6 Å². The number of hydrogen-bond acceptors (Lipinski definition) is 5. The Morgan fingerprint density at radius 2 is 1.65 bits per heavy atom. The molecule has 2 aromatic carbocycles. The van der Waals surface area contributed by atoms with Gasteiger partial charge in [0.1, 0.15) is 17.7 Å². The molecule has 0 bridgehead atoms. The van der Waals surface area contributed by atoms with Gasteiger partial charge in [-0.3, -0.25) is 9.59 Å². The lowest BCUT2D eigenvalue weighted by atomic mass is 9.96. The first-order chi connectivity index (χ1) is 17.6. The number of ether oxygens (including phenoxy) is 1. The van der Waals surface area contributed by atoms with Crippen molar-refractivity contribution in [3.63, 3.8) is 0 Å². The van der Waals surface area contributed by atoms with E-state index < -0.39 is 39.3 Å². The van der Waals surface area contributed by atoms with Crippen LogP contribution in [0, 0.1) is 17.0 Å². The van der Waals surface area contributed by atoms with Crippen molar-refractivity contribution in [2.45, 2.75) is 38.1 Å². The highest BCUT2D eigenvalue weighted by Crippen LogP contribution is 2.61. The summed E-state index contributed by atoms with van der Waals surface area (Å²) < 4.78 is 57.8. The first-order valence-electron chi connectivity index (χ1n) is 12.5. The number of hydrogen-bond donors (Lipinski definition) is 1. The molecule has 3 atom stereocenters. The third kappa shape index (κ3) is 7.13. The molecule has 0 radical (unpaired) electrons. The molecule has 37 heavy (non-hydrogen) atoms. The van der Waals surface area contributed by atoms with E-state index in [1.807, 2.05) is 0 Å². The number of rotatable bonds is 10. The molecule has 1 saturated carbocycles. The van der Waals surface area contributed by atoms with Crippen molar-refractivity contribution in [1.29, 1.82) is 0 Å². The van der Waals surface area contributed by atoms with Crippen LogP contribution in [0.1, 0.15) is 48.0 Å². The highest BCUT2D eigenvalue weighted by molar-refractivity contribution is 7.91. The van der Waals surface area contributed by atoms with Crippen molar-refractivity contribution in [1.82, 2.24) is 10.2 Å². The molecule has 1 aliphatic heterocycles. The summed E-state index contributed by atoms with van der Waals surface area (Å²) in [7, 11) is -3.68. The molecule has 2 fully saturated rings. The third-order valence-electron chi connectivity index (χ3n) is 7.28. The van der Waals surface area contributed by atoms with Crippen LogP contribution < -0.4 is 5.32 Å². The summed E-state index contributed by atoms with van der Waals surface area (Å²) in [6.45, 7) is 3.40. The molecule has 2 amide bonds. The average molecular weight is 535 g/mol. The minimum atomic E-state index is -3.68. The largest absolute Gasteiger partial charge is 0.378 e. The number of nitrogens with one attached hydrogen (secondary N) is 1. The van der Waals surface area contributed by atoms with Gasteiger partial charge in [-0.1, -0.05) is 19.1 Å². The molecule has 200 valence electrons. The molecule has 0 aromatic heterocycles. The smallest absolute Gasteiger partial charge is 0.251 e. The lowest BCUT2D eigenvalue weighted by Crippen LogP contribution is -2.54. The van der Waals surface area contributed by atoms with Gasteiger partial charge >= 0.3 is 0 Å². The molecule has 0 unspecified atom stereocenters. The molecule has 2 aromatic rings. The number of carbonyl (C=O) groups excluding carboxylic acids is 2. The van der Waals surface area contributed by atoms with Gasteiger partial charge in [0.25, 0.3) is 5.91 Å². The first kappa shape index (κ1) is 27.2. The van der Waals surface area contributed by atoms with Crippen LogP contribution in [0.15, 0.2) is 48.5 Å². The molecule has 0 spiro atoms. The van der Waals surface area contributed by atoms with Crippen molar-refractivity contribution in [2.75, 3.05) is 37.8 Å². The zero-order valence-electron chi connectivity index (χ0n) is 20.8. The van der Waals surface area contributed by atoms with E-state index in [0.29, 0.717) is 39.1 Å². The predicted molar refractivity (Wildman–Crippen MR) is 135 cm³/mol. The Balaban J connectivity index is 1.37. The fourth-order valence-electron chi connectivity index (χ4n) is 4.95. The lowest BCUT2D eigenvalue weighted by molar-refractivity contribution is -0.136. The minimum absolute atomic E-state index is 0.0484. The number of carbonyl (C=O) groups is 2. The van der Waals surface area contributed by atoms with Gasteiger partial charge in [0, 0.05) is 18.7 Å². The second-order valence-electron chi connectivity index (χ2n) is 10.2. The normalized spacial score (nSPS) is 22.4. The maximum atomic E-state index is 13.3. The van der Waals surface area contributed by atoms with Crippen LogP contribution in [0.5, 0.6) is 0 Å². The Hall–Kier alpha value is -2.85. The molecule has 1 heterocycles. The van der Waals surface area contributed by atoms with Gasteiger partial charge in [-0.2, -0.15) is 0 Å². The van der Waals surface area contributed by atoms with Gasteiger partial charge in [0.05, 0.1) is 24.7 Å². The second-order valence-corrected chi connectivity index (χ2v) is 12.4. The van der Waals surface area contributed by atoms with Crippen LogP contribution in [0.2, 0.25) is 0 Å². The Morgan fingerprint density at radius 3 is 2.27 bits per heavy atom. The highest BCUT2D eigenvalue weighted by atomic mass is 32.2. The summed E-state index contributed by atoms with van der Waals surface area (Å²) in [6, 6.07) is 9.97. The molecular formula is C27H32F2N2O5S. The Morgan fingerprint density at radius 1 is 1.05 bits per heavy atom. The number of morpholine rings is 1. The fraction of sp³-hybridized carbons (Fsp3) is 0.481. The van der Waals surface area contributed by atoms with Crippen molar-refractivity contribution >= 4 is 21.7 Å². The van der Waals surface area contributed by atoms with Crippen molar-refractivity contribution in [3.05, 3.63) is 71.3 Å². The Bertz CT molecular complexity index is 1210. The Labute approximate surface area is 216 Å². The fourth-order valence-corrected chi connectivity index (χ4v) is 6.44. The Kier molecular flexibility index (Phi) is 8.28. The lowest BCUT2D eigenvalue weighted by Gasteiger charge is -2.30. The topological polar surface area (TPSA) is 92.8 Å². The van der Waals surface area contributed by atoms with Gasteiger partial charge < -0.3 is 15.0 Å². The monoisotopic (exact) mass is 534 g/mol. The van der Waals surface area contributed by atoms with Crippen LogP contribution in [-0.4, -0.2) is 69.0 Å². The second kappa shape index (κ2) is 11.3. The third-order valence-corrected chi connectivity index (χ3v) is 9.03. The summed E-state index contributed by atoms with van der Waals surface area (Å²) in [5, 5.41) is 2.55. The van der Waals surface area contributed by atoms with Crippen LogP contribution in [-0.2, 0) is 19.4 Å². The SMILES string of the molecule is C[C@@]1(CCCS(=O)(=O)C[C@H](NC(=O)c2ccc(F)cc2)C(=O)N2CCOCC2)C[C@H]1c1ccc(F)cc1. The van der Waals surface area contributed by atoms with Crippen molar-refractivity contribution < 1.29 is 31.5 Å². The van der Waals surface area contributed by atoms with Gasteiger partial charge in [0.15, 0.2) is 9.84 Å². The summed E-state index contributed by atoms with van der Waals surface area (Å²) in [4.78, 5) is 27.4. The number of amides is 2. The maximum Gasteiger partial charge on any atom is 0.251 e. The molecule has 10 heteroatoms. The highest BCUT2D eigenvalue weighted by Gasteiger charge is 2.50. The minimum Gasteiger partial charge on any atom is -0.378 e. The number of halogens is 2. The zero-order chi connectivity index (χ0) is 26.6. The van der Waals surface area contributed by atoms with E-state index in [4.69, 9.17) is 4.74 Å². The summed E-state index contributed by atoms with van der Waals surface area (Å²) in [5.74, 6) is -2.29. The van der Waals surface area contributed by atoms with Crippen LogP contribution in [0.25, 0.3) is 0 Å². The van der Waals surface area contributed by atoms with Crippen molar-refractivity contribution in [2.24, 2.45) is 5.41 Å². The molecule has 1 aliphatic carbocycles. The van der Waals surface area contributed by atoms with E-state index in [-0.39, 0.29) is 28.5 Å². The van der Waals surface area contributed by atoms with E-state index in [9.17, 15) is 26.8 Å². The van der Waals surface area contributed by atoms with E-state index in [1.54, 1.807) is 12.1 Å². The molecule has 2 aliphatic rings. The van der Waals surface area contributed by atoms with E-state index in [2.05, 4.69) is 12.2 Å². The number of benzene rings is 2. The predicted octanol–water partition coefficient (Wildman–Crippen LogP) is 3.31. The van der Waals surface area contributed by atoms with Gasteiger partial charge in [-0.15, -0.1) is 0 Å². The van der Waals surface area contributed by atoms with Crippen LogP contribution in [0.4, 0.5) is 8.78 Å². The quantitative estimate of drug-likeness (QED) is 0.505. The summed E-state index contributed by atoms with van der Waals surface area (Å²) >= 11 is 0. The molecule has 7 nitrogen and oxygen atoms in total. The van der Waals surface area contributed by atoms with E-state index >= 15 is 0 Å². The zero-order valence-corrected chi connectivity index (χ0v) is 21.6. The first-order valence-corrected chi connectivity index (χ1v) is 14.3. The molecular weight excluding hydrogens is 502 g/mol. The molecule has 1 saturated heterocycles. The number of sulfone groups is 1. The van der Waals surface area contributed by atoms with Crippen LogP contribution in [0.3, 0.4) is 0 Å². The van der Waals surface area contributed by atoms with Crippen LogP contribution >= 0.6 is 0 Å². The van der Waals surface area contributed by atoms with E-state index in [0.717, 1.165) is 24.1 Å². The summed E-state index contributed by atoms with van der Waals surface area (Å²) in [5.41, 5.74) is 1.13. The van der Waals surface area contributed by atoms with Gasteiger partial charge in [0.2, 0.25) is 5.91 Å².